The number of carboxylic acids is 1. The van der Waals surface area contributed by atoms with E-state index in [2.05, 4.69) is 5.92 Å². The smallest absolute Gasteiger partial charge is 0.307 e. The van der Waals surface area contributed by atoms with Crippen LogP contribution in [0.2, 0.25) is 0 Å². The highest BCUT2D eigenvalue weighted by molar-refractivity contribution is 7.99. The van der Waals surface area contributed by atoms with Crippen molar-refractivity contribution in [1.29, 1.82) is 0 Å². The number of thioether (sulfide) groups is 1. The molecule has 0 unspecified atom stereocenters. The Morgan fingerprint density at radius 2 is 2.31 bits per heavy atom. The largest absolute Gasteiger partial charge is 0.481 e. The molecule has 0 heterocycles. The predicted octanol–water partition coefficient (Wildman–Crippen LogP) is 1.71. The second kappa shape index (κ2) is 3.63. The third-order valence-electron chi connectivity index (χ3n) is 2.80. The Kier molecular flexibility index (Phi) is 2.92. The Balaban J connectivity index is 2.38. The number of hydrogen-bond donors (Lipinski definition) is 1. The van der Waals surface area contributed by atoms with Crippen molar-refractivity contribution in [2.24, 2.45) is 17.3 Å². The van der Waals surface area contributed by atoms with Crippen LogP contribution in [0, 0.1) is 29.6 Å². The Morgan fingerprint density at radius 1 is 1.69 bits per heavy atom. The third kappa shape index (κ3) is 2.00. The van der Waals surface area contributed by atoms with Gasteiger partial charge in [0.15, 0.2) is 0 Å². The maximum Gasteiger partial charge on any atom is 0.307 e. The molecule has 1 N–H and O–H groups in total. The number of hydrogen-bond acceptors (Lipinski definition) is 2. The quantitative estimate of drug-likeness (QED) is 0.552. The number of aliphatic carboxylic acids is 1. The zero-order valence-electron chi connectivity index (χ0n) is 7.91. The lowest BCUT2D eigenvalue weighted by atomic mass is 10.1. The van der Waals surface area contributed by atoms with Crippen LogP contribution in [0.1, 0.15) is 13.8 Å². The maximum atomic E-state index is 10.8. The van der Waals surface area contributed by atoms with Crippen LogP contribution in [0.3, 0.4) is 0 Å². The molecule has 0 spiro atoms. The molecule has 0 bridgehead atoms. The lowest BCUT2D eigenvalue weighted by Crippen LogP contribution is -2.03. The average molecular weight is 198 g/mol. The van der Waals surface area contributed by atoms with Crippen molar-refractivity contribution in [3.05, 3.63) is 0 Å². The van der Waals surface area contributed by atoms with Crippen LogP contribution in [-0.4, -0.2) is 22.6 Å². The van der Waals surface area contributed by atoms with E-state index in [1.807, 2.05) is 13.8 Å². The molecule has 13 heavy (non-hydrogen) atoms. The topological polar surface area (TPSA) is 37.3 Å². The minimum absolute atomic E-state index is 0.0343. The highest BCUT2D eigenvalue weighted by atomic mass is 32.2. The van der Waals surface area contributed by atoms with E-state index >= 15 is 0 Å². The van der Waals surface area contributed by atoms with Gasteiger partial charge in [-0.05, 0) is 17.1 Å². The standard InChI is InChI=1S/C10H14O2S/c1-4-5-13-6-7-8(9(11)12)10(7,2)3/h1,7-8H,5-6H2,2-3H3,(H,11,12)/t7-,8-/m0/s1. The highest BCUT2D eigenvalue weighted by Gasteiger charge is 2.61. The second-order valence-corrected chi connectivity index (χ2v) is 4.99. The van der Waals surface area contributed by atoms with Crippen molar-refractivity contribution in [1.82, 2.24) is 0 Å². The third-order valence-corrected chi connectivity index (χ3v) is 3.76. The Morgan fingerprint density at radius 3 is 2.69 bits per heavy atom. The zero-order chi connectivity index (χ0) is 10.1. The molecule has 3 heteroatoms. The summed E-state index contributed by atoms with van der Waals surface area (Å²) in [5.74, 6) is 3.54. The fraction of sp³-hybridized carbons (Fsp3) is 0.700. The van der Waals surface area contributed by atoms with Gasteiger partial charge >= 0.3 is 5.97 Å². The lowest BCUT2D eigenvalue weighted by molar-refractivity contribution is -0.139. The van der Waals surface area contributed by atoms with Gasteiger partial charge in [-0.15, -0.1) is 18.2 Å². The molecule has 0 aromatic heterocycles. The molecular weight excluding hydrogens is 184 g/mol. The minimum atomic E-state index is -0.670. The van der Waals surface area contributed by atoms with Crippen molar-refractivity contribution in [2.75, 3.05) is 11.5 Å². The van der Waals surface area contributed by atoms with Crippen LogP contribution in [0.15, 0.2) is 0 Å². The van der Waals surface area contributed by atoms with Crippen LogP contribution in [0.5, 0.6) is 0 Å². The predicted molar refractivity (Wildman–Crippen MR) is 54.6 cm³/mol. The van der Waals surface area contributed by atoms with Gasteiger partial charge in [0, 0.05) is 0 Å². The molecule has 0 amide bonds. The number of carboxylic acid groups (broad SMARTS) is 1. The van der Waals surface area contributed by atoms with Gasteiger partial charge in [-0.1, -0.05) is 19.8 Å². The van der Waals surface area contributed by atoms with Crippen molar-refractivity contribution in [2.45, 2.75) is 13.8 Å². The maximum absolute atomic E-state index is 10.8. The Bertz CT molecular complexity index is 252. The van der Waals surface area contributed by atoms with Gasteiger partial charge in [-0.2, -0.15) is 0 Å². The second-order valence-electron chi connectivity index (χ2n) is 3.96. The molecular formula is C10H14O2S. The SMILES string of the molecule is C#CCSC[C@H]1[C@@H](C(=O)O)C1(C)C. The summed E-state index contributed by atoms with van der Waals surface area (Å²) in [7, 11) is 0. The van der Waals surface area contributed by atoms with Crippen molar-refractivity contribution < 1.29 is 9.90 Å². The van der Waals surface area contributed by atoms with Crippen LogP contribution >= 0.6 is 11.8 Å². The molecule has 1 rings (SSSR count). The molecule has 0 saturated heterocycles. The summed E-state index contributed by atoms with van der Waals surface area (Å²) in [6, 6.07) is 0. The van der Waals surface area contributed by atoms with Crippen molar-refractivity contribution >= 4 is 17.7 Å². The van der Waals surface area contributed by atoms with Crippen LogP contribution in [0.4, 0.5) is 0 Å². The fourth-order valence-electron chi connectivity index (χ4n) is 1.79. The molecule has 1 fully saturated rings. The van der Waals surface area contributed by atoms with E-state index in [1.54, 1.807) is 11.8 Å². The molecule has 0 aliphatic heterocycles. The van der Waals surface area contributed by atoms with Crippen LogP contribution in [0.25, 0.3) is 0 Å². The van der Waals surface area contributed by atoms with Gasteiger partial charge in [0.1, 0.15) is 0 Å². The van der Waals surface area contributed by atoms with Crippen LogP contribution in [-0.2, 0) is 4.79 Å². The first kappa shape index (κ1) is 10.5. The number of carbonyl (C=O) groups is 1. The van der Waals surface area contributed by atoms with Crippen LogP contribution < -0.4 is 0 Å². The minimum Gasteiger partial charge on any atom is -0.481 e. The lowest BCUT2D eigenvalue weighted by Gasteiger charge is -1.99. The van der Waals surface area contributed by atoms with E-state index in [0.29, 0.717) is 11.7 Å². The zero-order valence-corrected chi connectivity index (χ0v) is 8.73. The molecule has 72 valence electrons. The first-order valence-corrected chi connectivity index (χ1v) is 5.41. The first-order chi connectivity index (χ1) is 6.01. The highest BCUT2D eigenvalue weighted by Crippen LogP contribution is 2.59. The summed E-state index contributed by atoms with van der Waals surface area (Å²) in [4.78, 5) is 10.8. The molecule has 1 aliphatic rings. The van der Waals surface area contributed by atoms with E-state index in [-0.39, 0.29) is 11.3 Å². The Labute approximate surface area is 83.1 Å². The normalized spacial score (nSPS) is 29.3. The van der Waals surface area contributed by atoms with E-state index < -0.39 is 5.97 Å². The summed E-state index contributed by atoms with van der Waals surface area (Å²) >= 11 is 1.65. The first-order valence-electron chi connectivity index (χ1n) is 4.25. The van der Waals surface area contributed by atoms with E-state index in [9.17, 15) is 4.79 Å². The van der Waals surface area contributed by atoms with Crippen molar-refractivity contribution in [3.8, 4) is 12.3 Å². The van der Waals surface area contributed by atoms with Gasteiger partial charge in [-0.25, -0.2) is 0 Å². The van der Waals surface area contributed by atoms with Gasteiger partial charge in [0.2, 0.25) is 0 Å². The molecule has 0 radical (unpaired) electrons. The number of rotatable bonds is 4. The summed E-state index contributed by atoms with van der Waals surface area (Å²) in [6.45, 7) is 4.01. The van der Waals surface area contributed by atoms with Gasteiger partial charge in [0.05, 0.1) is 11.7 Å². The molecule has 2 atom stereocenters. The Hall–Kier alpha value is -0.620. The molecule has 2 nitrogen and oxygen atoms in total. The average Bonchev–Trinajstić information content (AvgIpc) is 2.54. The molecule has 0 aromatic carbocycles. The molecule has 1 aliphatic carbocycles. The molecule has 1 saturated carbocycles. The van der Waals surface area contributed by atoms with Crippen molar-refractivity contribution in [3.63, 3.8) is 0 Å². The molecule has 0 aromatic rings. The number of terminal acetylenes is 1. The summed E-state index contributed by atoms with van der Waals surface area (Å²) < 4.78 is 0. The summed E-state index contributed by atoms with van der Waals surface area (Å²) in [6.07, 6.45) is 5.11. The van der Waals surface area contributed by atoms with E-state index in [0.717, 1.165) is 5.75 Å². The van der Waals surface area contributed by atoms with Gasteiger partial charge < -0.3 is 5.11 Å². The fourth-order valence-corrected chi connectivity index (χ4v) is 2.90. The monoisotopic (exact) mass is 198 g/mol. The van der Waals surface area contributed by atoms with Gasteiger partial charge in [-0.3, -0.25) is 4.79 Å². The van der Waals surface area contributed by atoms with E-state index in [4.69, 9.17) is 11.5 Å². The summed E-state index contributed by atoms with van der Waals surface area (Å²) in [5, 5.41) is 8.87. The van der Waals surface area contributed by atoms with Gasteiger partial charge in [0.25, 0.3) is 0 Å². The van der Waals surface area contributed by atoms with E-state index in [1.165, 1.54) is 0 Å². The summed E-state index contributed by atoms with van der Waals surface area (Å²) in [5.41, 5.74) is -0.0343.